The molecule has 0 spiro atoms. The average Bonchev–Trinajstić information content (AvgIpc) is 3.61. The largest absolute Gasteiger partial charge is 0.496 e. The van der Waals surface area contributed by atoms with Gasteiger partial charge in [0, 0.05) is 29.2 Å². The van der Waals surface area contributed by atoms with Gasteiger partial charge in [-0.05, 0) is 62.1 Å². The van der Waals surface area contributed by atoms with Crippen LogP contribution in [0.2, 0.25) is 0 Å². The molecule has 0 amide bonds. The molecule has 0 aliphatic carbocycles. The van der Waals surface area contributed by atoms with E-state index >= 15 is 0 Å². The molecule has 1 aromatic heterocycles. The number of thiazole rings is 1. The van der Waals surface area contributed by atoms with Crippen LogP contribution < -0.4 is 24.5 Å². The second kappa shape index (κ2) is 12.6. The van der Waals surface area contributed by atoms with Gasteiger partial charge in [0.1, 0.15) is 17.5 Å². The van der Waals surface area contributed by atoms with Crippen LogP contribution >= 0.6 is 27.3 Å². The standard InChI is InChI=1S/C30H31BrN4O6S/c1-4-8-21-26(29(37)41-5-2)27(20-17-19(31)10-12-24(20)40-3)34-28(36)25(42-30(34)32-21)16-18-9-11-22(23(15-18)35(38)39)33-13-6-7-14-33/h9-12,15-17,27H,4-8,13-14H2,1-3H3/b25-16-/t27-/m0/s1. The molecule has 220 valence electrons. The zero-order chi connectivity index (χ0) is 30.0. The first-order valence-electron chi connectivity index (χ1n) is 13.9. The van der Waals surface area contributed by atoms with Gasteiger partial charge in [-0.2, -0.15) is 0 Å². The molecule has 0 bridgehead atoms. The molecule has 2 aliphatic heterocycles. The van der Waals surface area contributed by atoms with Gasteiger partial charge in [0.2, 0.25) is 0 Å². The van der Waals surface area contributed by atoms with Gasteiger partial charge in [0.05, 0.1) is 34.4 Å². The van der Waals surface area contributed by atoms with E-state index in [9.17, 15) is 19.7 Å². The van der Waals surface area contributed by atoms with Crippen molar-refractivity contribution in [1.29, 1.82) is 0 Å². The number of ether oxygens (including phenoxy) is 2. The predicted octanol–water partition coefficient (Wildman–Crippen LogP) is 4.86. The van der Waals surface area contributed by atoms with Gasteiger partial charge in [0.15, 0.2) is 4.80 Å². The lowest BCUT2D eigenvalue weighted by molar-refractivity contribution is -0.384. The van der Waals surface area contributed by atoms with E-state index in [2.05, 4.69) is 15.9 Å². The van der Waals surface area contributed by atoms with E-state index in [1.807, 2.05) is 24.0 Å². The van der Waals surface area contributed by atoms with Crippen LogP contribution in [0.5, 0.6) is 5.75 Å². The van der Waals surface area contributed by atoms with Crippen molar-refractivity contribution in [3.05, 3.63) is 93.1 Å². The molecule has 5 rings (SSSR count). The SMILES string of the molecule is CCCC1=C(C(=O)OCC)[C@H](c2cc(Br)ccc2OC)n2c(s/c(=C\c3ccc(N4CCCC4)c([N+](=O)[O-])c3)c2=O)=N1. The molecule has 10 nitrogen and oxygen atoms in total. The second-order valence-electron chi connectivity index (χ2n) is 10.00. The fourth-order valence-electron chi connectivity index (χ4n) is 5.49. The topological polar surface area (TPSA) is 116 Å². The molecule has 1 saturated heterocycles. The molecule has 0 radical (unpaired) electrons. The molecular weight excluding hydrogens is 624 g/mol. The number of fused-ring (bicyclic) bond motifs is 1. The number of nitrogens with zero attached hydrogens (tertiary/aromatic N) is 4. The number of hydrogen-bond donors (Lipinski definition) is 0. The van der Waals surface area contributed by atoms with Crippen LogP contribution in [0, 0.1) is 10.1 Å². The first-order chi connectivity index (χ1) is 20.3. The summed E-state index contributed by atoms with van der Waals surface area (Å²) in [6.45, 7) is 5.45. The molecule has 12 heteroatoms. The van der Waals surface area contributed by atoms with E-state index in [1.54, 1.807) is 31.2 Å². The van der Waals surface area contributed by atoms with E-state index in [0.717, 1.165) is 36.8 Å². The number of nitro groups is 1. The van der Waals surface area contributed by atoms with Crippen LogP contribution in [0.15, 0.2) is 61.9 Å². The molecule has 0 N–H and O–H groups in total. The summed E-state index contributed by atoms with van der Waals surface area (Å²) in [4.78, 5) is 46.3. The number of allylic oxidation sites excluding steroid dienone is 1. The van der Waals surface area contributed by atoms with Crippen molar-refractivity contribution in [2.24, 2.45) is 4.99 Å². The van der Waals surface area contributed by atoms with Gasteiger partial charge < -0.3 is 14.4 Å². The lowest BCUT2D eigenvalue weighted by Crippen LogP contribution is -2.40. The second-order valence-corrected chi connectivity index (χ2v) is 11.9. The maximum absolute atomic E-state index is 14.1. The minimum Gasteiger partial charge on any atom is -0.496 e. The minimum absolute atomic E-state index is 0.00463. The quantitative estimate of drug-likeness (QED) is 0.184. The Hall–Kier alpha value is -3.77. The smallest absolute Gasteiger partial charge is 0.338 e. The first-order valence-corrected chi connectivity index (χ1v) is 15.5. The summed E-state index contributed by atoms with van der Waals surface area (Å²) in [6.07, 6.45) is 4.88. The molecule has 42 heavy (non-hydrogen) atoms. The zero-order valence-electron chi connectivity index (χ0n) is 23.6. The van der Waals surface area contributed by atoms with Crippen molar-refractivity contribution >= 4 is 50.7 Å². The number of nitro benzene ring substituents is 1. The van der Waals surface area contributed by atoms with Crippen LogP contribution in [0.25, 0.3) is 6.08 Å². The number of halogens is 1. The van der Waals surface area contributed by atoms with Crippen LogP contribution in [0.4, 0.5) is 11.4 Å². The molecule has 2 aliphatic rings. The van der Waals surface area contributed by atoms with Crippen LogP contribution in [-0.4, -0.2) is 42.3 Å². The highest BCUT2D eigenvalue weighted by molar-refractivity contribution is 9.10. The molecule has 0 unspecified atom stereocenters. The Bertz CT molecular complexity index is 1760. The van der Waals surface area contributed by atoms with Gasteiger partial charge in [-0.3, -0.25) is 19.5 Å². The van der Waals surface area contributed by atoms with Crippen molar-refractivity contribution in [2.45, 2.75) is 45.6 Å². The molecule has 1 atom stereocenters. The Morgan fingerprint density at radius 3 is 2.64 bits per heavy atom. The van der Waals surface area contributed by atoms with E-state index in [4.69, 9.17) is 14.5 Å². The highest BCUT2D eigenvalue weighted by Crippen LogP contribution is 2.38. The summed E-state index contributed by atoms with van der Waals surface area (Å²) in [7, 11) is 1.54. The van der Waals surface area contributed by atoms with Gasteiger partial charge >= 0.3 is 5.97 Å². The van der Waals surface area contributed by atoms with Crippen molar-refractivity contribution < 1.29 is 19.2 Å². The minimum atomic E-state index is -0.844. The molecular formula is C30H31BrN4O6S. The fraction of sp³-hybridized carbons (Fsp3) is 0.367. The third-order valence-electron chi connectivity index (χ3n) is 7.32. The average molecular weight is 656 g/mol. The summed E-state index contributed by atoms with van der Waals surface area (Å²) in [5.74, 6) is -0.0374. The van der Waals surface area contributed by atoms with Crippen molar-refractivity contribution in [3.8, 4) is 5.75 Å². The molecule has 1 fully saturated rings. The molecule has 3 heterocycles. The monoisotopic (exact) mass is 654 g/mol. The van der Waals surface area contributed by atoms with Gasteiger partial charge in [-0.1, -0.05) is 46.7 Å². The maximum atomic E-state index is 14.1. The Morgan fingerprint density at radius 2 is 1.98 bits per heavy atom. The number of benzene rings is 2. The summed E-state index contributed by atoms with van der Waals surface area (Å²) in [5, 5.41) is 12.0. The van der Waals surface area contributed by atoms with Crippen molar-refractivity contribution in [1.82, 2.24) is 4.57 Å². The zero-order valence-corrected chi connectivity index (χ0v) is 26.0. The van der Waals surface area contributed by atoms with Crippen molar-refractivity contribution in [3.63, 3.8) is 0 Å². The molecule has 3 aromatic rings. The first kappa shape index (κ1) is 29.7. The third-order valence-corrected chi connectivity index (χ3v) is 8.80. The number of carbonyl (C=O) groups excluding carboxylic acids is 1. The summed E-state index contributed by atoms with van der Waals surface area (Å²) >= 11 is 4.70. The Kier molecular flexibility index (Phi) is 8.93. The number of anilines is 1. The lowest BCUT2D eigenvalue weighted by atomic mass is 9.93. The highest BCUT2D eigenvalue weighted by atomic mass is 79.9. The maximum Gasteiger partial charge on any atom is 0.338 e. The Balaban J connectivity index is 1.73. The lowest BCUT2D eigenvalue weighted by Gasteiger charge is -2.27. The molecule has 2 aromatic carbocycles. The number of hydrogen-bond acceptors (Lipinski definition) is 9. The number of methoxy groups -OCH3 is 1. The van der Waals surface area contributed by atoms with Gasteiger partial charge in [-0.25, -0.2) is 9.79 Å². The number of aromatic nitrogens is 1. The number of esters is 1. The van der Waals surface area contributed by atoms with Gasteiger partial charge in [-0.15, -0.1) is 0 Å². The van der Waals surface area contributed by atoms with Crippen LogP contribution in [0.1, 0.15) is 56.7 Å². The van der Waals surface area contributed by atoms with Crippen LogP contribution in [-0.2, 0) is 9.53 Å². The normalized spacial score (nSPS) is 16.8. The number of rotatable bonds is 9. The van der Waals surface area contributed by atoms with E-state index in [1.165, 1.54) is 29.1 Å². The van der Waals surface area contributed by atoms with Crippen LogP contribution in [0.3, 0.4) is 0 Å². The molecule has 0 saturated carbocycles. The van der Waals surface area contributed by atoms with E-state index < -0.39 is 12.0 Å². The summed E-state index contributed by atoms with van der Waals surface area (Å²) < 4.78 is 13.7. The fourth-order valence-corrected chi connectivity index (χ4v) is 6.89. The van der Waals surface area contributed by atoms with E-state index in [0.29, 0.717) is 49.6 Å². The number of carbonyl (C=O) groups is 1. The summed E-state index contributed by atoms with van der Waals surface area (Å²) in [5.41, 5.74) is 2.21. The van der Waals surface area contributed by atoms with E-state index in [-0.39, 0.29) is 22.8 Å². The van der Waals surface area contributed by atoms with Crippen molar-refractivity contribution in [2.75, 3.05) is 31.7 Å². The highest BCUT2D eigenvalue weighted by Gasteiger charge is 2.36. The summed E-state index contributed by atoms with van der Waals surface area (Å²) in [6, 6.07) is 9.63. The Morgan fingerprint density at radius 1 is 1.21 bits per heavy atom. The Labute approximate surface area is 254 Å². The third kappa shape index (κ3) is 5.65. The van der Waals surface area contributed by atoms with Gasteiger partial charge in [0.25, 0.3) is 11.2 Å². The predicted molar refractivity (Wildman–Crippen MR) is 165 cm³/mol.